The molecule has 1 heterocycles. The number of hydrogen-bond donors (Lipinski definition) is 2. The van der Waals surface area contributed by atoms with Crippen LogP contribution in [0.25, 0.3) is 0 Å². The number of nitrogens with zero attached hydrogens (tertiary/aromatic N) is 1. The summed E-state index contributed by atoms with van der Waals surface area (Å²) in [6.07, 6.45) is 0. The van der Waals surface area contributed by atoms with Crippen LogP contribution in [0.3, 0.4) is 0 Å². The highest BCUT2D eigenvalue weighted by Crippen LogP contribution is 2.27. The molecule has 2 atom stereocenters. The molecule has 1 aliphatic rings. The van der Waals surface area contributed by atoms with Crippen molar-refractivity contribution in [3.8, 4) is 0 Å². The van der Waals surface area contributed by atoms with Gasteiger partial charge in [-0.05, 0) is 36.1 Å². The van der Waals surface area contributed by atoms with E-state index in [2.05, 4.69) is 15.5 Å². The third kappa shape index (κ3) is 6.09. The van der Waals surface area contributed by atoms with Crippen LogP contribution in [-0.4, -0.2) is 55.6 Å². The Labute approximate surface area is 195 Å². The van der Waals surface area contributed by atoms with Gasteiger partial charge in [0.15, 0.2) is 0 Å². The van der Waals surface area contributed by atoms with Crippen LogP contribution in [0.5, 0.6) is 0 Å². The second-order valence-electron chi connectivity index (χ2n) is 8.44. The smallest absolute Gasteiger partial charge is 0.252 e. The number of benzene rings is 2. The maximum absolute atomic E-state index is 13.1. The Hall–Kier alpha value is -2.41. The minimum absolute atomic E-state index is 0.0647. The van der Waals surface area contributed by atoms with Gasteiger partial charge >= 0.3 is 0 Å². The Morgan fingerprint density at radius 1 is 1.06 bits per heavy atom. The number of aryl methyl sites for hydroxylation is 1. The predicted octanol–water partition coefficient (Wildman–Crippen LogP) is 3.59. The van der Waals surface area contributed by atoms with E-state index in [4.69, 9.17) is 16.3 Å². The molecule has 1 fully saturated rings. The zero-order chi connectivity index (χ0) is 23.1. The van der Waals surface area contributed by atoms with Crippen LogP contribution in [0.4, 0.5) is 0 Å². The van der Waals surface area contributed by atoms with Gasteiger partial charge in [-0.2, -0.15) is 0 Å². The molecule has 3 rings (SSSR count). The van der Waals surface area contributed by atoms with Gasteiger partial charge in [0.2, 0.25) is 5.91 Å². The van der Waals surface area contributed by atoms with Gasteiger partial charge in [0.1, 0.15) is 6.04 Å². The van der Waals surface area contributed by atoms with E-state index in [9.17, 15) is 9.59 Å². The van der Waals surface area contributed by atoms with Gasteiger partial charge in [-0.1, -0.05) is 61.8 Å². The van der Waals surface area contributed by atoms with Gasteiger partial charge in [0, 0.05) is 30.2 Å². The molecule has 2 amide bonds. The highest BCUT2D eigenvalue weighted by molar-refractivity contribution is 6.31. The Morgan fingerprint density at radius 2 is 1.72 bits per heavy atom. The minimum atomic E-state index is -0.640. The van der Waals surface area contributed by atoms with E-state index in [0.717, 1.165) is 24.2 Å². The summed E-state index contributed by atoms with van der Waals surface area (Å²) in [5, 5.41) is 6.65. The van der Waals surface area contributed by atoms with Gasteiger partial charge in [-0.15, -0.1) is 0 Å². The largest absolute Gasteiger partial charge is 0.379 e. The quantitative estimate of drug-likeness (QED) is 0.635. The average molecular weight is 458 g/mol. The van der Waals surface area contributed by atoms with Gasteiger partial charge in [-0.3, -0.25) is 14.5 Å². The van der Waals surface area contributed by atoms with Gasteiger partial charge in [0.05, 0.1) is 19.3 Å². The molecule has 32 heavy (non-hydrogen) atoms. The summed E-state index contributed by atoms with van der Waals surface area (Å²) < 4.78 is 5.50. The minimum Gasteiger partial charge on any atom is -0.379 e. The lowest BCUT2D eigenvalue weighted by atomic mass is 10.0. The van der Waals surface area contributed by atoms with Crippen molar-refractivity contribution < 1.29 is 14.3 Å². The maximum atomic E-state index is 13.1. The fourth-order valence-corrected chi connectivity index (χ4v) is 4.22. The average Bonchev–Trinajstić information content (AvgIpc) is 2.79. The molecular formula is C25H32ClN3O3. The lowest BCUT2D eigenvalue weighted by Gasteiger charge is -2.35. The first-order valence-electron chi connectivity index (χ1n) is 11.1. The fourth-order valence-electron chi connectivity index (χ4n) is 3.96. The lowest BCUT2D eigenvalue weighted by molar-refractivity contribution is -0.124. The molecular weight excluding hydrogens is 426 g/mol. The van der Waals surface area contributed by atoms with Crippen LogP contribution in [-0.2, 0) is 9.53 Å². The lowest BCUT2D eigenvalue weighted by Crippen LogP contribution is -2.52. The molecule has 1 saturated heterocycles. The molecule has 2 N–H and O–H groups in total. The summed E-state index contributed by atoms with van der Waals surface area (Å²) in [6, 6.07) is 14.4. The monoisotopic (exact) mass is 457 g/mol. The summed E-state index contributed by atoms with van der Waals surface area (Å²) in [5.74, 6) is -0.509. The van der Waals surface area contributed by atoms with Crippen LogP contribution in [0.15, 0.2) is 48.5 Å². The number of hydrogen-bond acceptors (Lipinski definition) is 4. The van der Waals surface area contributed by atoms with E-state index in [1.54, 1.807) is 6.07 Å². The molecule has 1 aliphatic heterocycles. The van der Waals surface area contributed by atoms with E-state index < -0.39 is 6.04 Å². The molecule has 6 nitrogen and oxygen atoms in total. The van der Waals surface area contributed by atoms with Crippen molar-refractivity contribution in [1.29, 1.82) is 0 Å². The summed E-state index contributed by atoms with van der Waals surface area (Å²) >= 11 is 6.49. The third-order valence-electron chi connectivity index (χ3n) is 5.85. The summed E-state index contributed by atoms with van der Waals surface area (Å²) in [7, 11) is 0. The third-order valence-corrected chi connectivity index (χ3v) is 6.19. The highest BCUT2D eigenvalue weighted by atomic mass is 35.5. The molecule has 2 aromatic rings. The SMILES string of the molecule is Cc1ccccc1C(=O)NC(C(=O)NCC(c1ccccc1Cl)N1CCOCC1)C(C)C. The van der Waals surface area contributed by atoms with E-state index in [-0.39, 0.29) is 23.8 Å². The van der Waals surface area contributed by atoms with Crippen LogP contribution >= 0.6 is 11.6 Å². The first-order valence-corrected chi connectivity index (χ1v) is 11.5. The van der Waals surface area contributed by atoms with Crippen molar-refractivity contribution in [1.82, 2.24) is 15.5 Å². The van der Waals surface area contributed by atoms with Crippen LogP contribution in [0.2, 0.25) is 5.02 Å². The first-order chi connectivity index (χ1) is 15.4. The molecule has 0 spiro atoms. The van der Waals surface area contributed by atoms with Crippen molar-refractivity contribution in [3.63, 3.8) is 0 Å². The Morgan fingerprint density at radius 3 is 2.38 bits per heavy atom. The number of rotatable bonds is 8. The predicted molar refractivity (Wildman–Crippen MR) is 127 cm³/mol. The summed E-state index contributed by atoms with van der Waals surface area (Å²) in [5.41, 5.74) is 2.42. The zero-order valence-electron chi connectivity index (χ0n) is 18.9. The standard InChI is InChI=1S/C25H32ClN3O3/c1-17(2)23(28-24(30)19-9-5-4-8-18(19)3)25(31)27-16-22(29-12-14-32-15-13-29)20-10-6-7-11-21(20)26/h4-11,17,22-23H,12-16H2,1-3H3,(H,27,31)(H,28,30). The van der Waals surface area contributed by atoms with E-state index in [1.807, 2.05) is 63.2 Å². The molecule has 172 valence electrons. The molecule has 0 radical (unpaired) electrons. The molecule has 2 unspecified atom stereocenters. The Bertz CT molecular complexity index is 928. The topological polar surface area (TPSA) is 70.7 Å². The van der Waals surface area contributed by atoms with Crippen molar-refractivity contribution in [2.75, 3.05) is 32.8 Å². The first kappa shape index (κ1) is 24.2. The van der Waals surface area contributed by atoms with Gasteiger partial charge in [-0.25, -0.2) is 0 Å². The van der Waals surface area contributed by atoms with E-state index in [1.165, 1.54) is 0 Å². The molecule has 0 saturated carbocycles. The van der Waals surface area contributed by atoms with Gasteiger partial charge < -0.3 is 15.4 Å². The van der Waals surface area contributed by atoms with E-state index >= 15 is 0 Å². The van der Waals surface area contributed by atoms with Crippen LogP contribution in [0.1, 0.15) is 41.4 Å². The highest BCUT2D eigenvalue weighted by Gasteiger charge is 2.28. The molecule has 0 aromatic heterocycles. The van der Waals surface area contributed by atoms with Crippen molar-refractivity contribution in [3.05, 3.63) is 70.2 Å². The number of amides is 2. The molecule has 7 heteroatoms. The summed E-state index contributed by atoms with van der Waals surface area (Å²) in [4.78, 5) is 28.2. The number of morpholine rings is 1. The number of halogens is 1. The van der Waals surface area contributed by atoms with Crippen molar-refractivity contribution in [2.45, 2.75) is 32.9 Å². The van der Waals surface area contributed by atoms with Crippen molar-refractivity contribution in [2.24, 2.45) is 5.92 Å². The number of ether oxygens (including phenoxy) is 1. The maximum Gasteiger partial charge on any atom is 0.252 e. The number of nitrogens with one attached hydrogen (secondary N) is 2. The zero-order valence-corrected chi connectivity index (χ0v) is 19.7. The number of carbonyl (C=O) groups excluding carboxylic acids is 2. The molecule has 0 aliphatic carbocycles. The Balaban J connectivity index is 1.72. The Kier molecular flexibility index (Phi) is 8.67. The van der Waals surface area contributed by atoms with E-state index in [0.29, 0.717) is 30.3 Å². The second kappa shape index (κ2) is 11.5. The normalized spacial score (nSPS) is 16.4. The molecule has 2 aromatic carbocycles. The summed E-state index contributed by atoms with van der Waals surface area (Å²) in [6.45, 7) is 8.96. The van der Waals surface area contributed by atoms with Crippen LogP contribution in [0, 0.1) is 12.8 Å². The van der Waals surface area contributed by atoms with Crippen LogP contribution < -0.4 is 10.6 Å². The van der Waals surface area contributed by atoms with Crippen molar-refractivity contribution >= 4 is 23.4 Å². The number of carbonyl (C=O) groups is 2. The second-order valence-corrected chi connectivity index (χ2v) is 8.85. The fraction of sp³-hybridized carbons (Fsp3) is 0.440. The van der Waals surface area contributed by atoms with Gasteiger partial charge in [0.25, 0.3) is 5.91 Å². The molecule has 0 bridgehead atoms.